The van der Waals surface area contributed by atoms with Crippen LogP contribution in [0.3, 0.4) is 0 Å². The average molecular weight is 372 g/mol. The molecule has 0 spiro atoms. The molecular formula is C20H24N2O3S. The molecule has 0 saturated carbocycles. The van der Waals surface area contributed by atoms with E-state index in [9.17, 15) is 9.59 Å². The number of fused-ring (bicyclic) bond motifs is 1. The summed E-state index contributed by atoms with van der Waals surface area (Å²) in [5, 5.41) is 2.96. The zero-order chi connectivity index (χ0) is 17.9. The highest BCUT2D eigenvalue weighted by molar-refractivity contribution is 7.14. The summed E-state index contributed by atoms with van der Waals surface area (Å²) in [6.07, 6.45) is 7.49. The van der Waals surface area contributed by atoms with Crippen molar-refractivity contribution in [3.8, 4) is 0 Å². The lowest BCUT2D eigenvalue weighted by Gasteiger charge is -2.26. The van der Waals surface area contributed by atoms with Crippen molar-refractivity contribution in [1.82, 2.24) is 10.2 Å². The SMILES string of the molecule is O=C(NCc1ccco1)[C@@H]1CCc2sc(C(=O)N3CCCCC3)cc2C1. The van der Waals surface area contributed by atoms with Gasteiger partial charge in [0.05, 0.1) is 17.7 Å². The van der Waals surface area contributed by atoms with Gasteiger partial charge in [-0.2, -0.15) is 0 Å². The molecule has 1 fully saturated rings. The third kappa shape index (κ3) is 3.70. The summed E-state index contributed by atoms with van der Waals surface area (Å²) in [6, 6.07) is 5.71. The van der Waals surface area contributed by atoms with E-state index in [1.165, 1.54) is 16.9 Å². The van der Waals surface area contributed by atoms with Crippen LogP contribution in [0, 0.1) is 5.92 Å². The Morgan fingerprint density at radius 2 is 2.12 bits per heavy atom. The van der Waals surface area contributed by atoms with Gasteiger partial charge in [0.15, 0.2) is 0 Å². The van der Waals surface area contributed by atoms with Crippen LogP contribution < -0.4 is 5.32 Å². The van der Waals surface area contributed by atoms with Crippen LogP contribution in [0.1, 0.15) is 51.6 Å². The first-order chi connectivity index (χ1) is 12.7. The first-order valence-electron chi connectivity index (χ1n) is 9.41. The fourth-order valence-electron chi connectivity index (χ4n) is 3.84. The van der Waals surface area contributed by atoms with Gasteiger partial charge < -0.3 is 14.6 Å². The van der Waals surface area contributed by atoms with E-state index in [4.69, 9.17) is 4.42 Å². The molecule has 138 valence electrons. The number of amides is 2. The second-order valence-electron chi connectivity index (χ2n) is 7.15. The van der Waals surface area contributed by atoms with Crippen LogP contribution >= 0.6 is 11.3 Å². The van der Waals surface area contributed by atoms with Crippen LogP contribution in [0.5, 0.6) is 0 Å². The minimum atomic E-state index is -0.0231. The Morgan fingerprint density at radius 1 is 1.27 bits per heavy atom. The summed E-state index contributed by atoms with van der Waals surface area (Å²) in [5.74, 6) is 0.981. The highest BCUT2D eigenvalue weighted by atomic mass is 32.1. The molecule has 0 unspecified atom stereocenters. The molecule has 1 atom stereocenters. The van der Waals surface area contributed by atoms with Crippen molar-refractivity contribution in [2.24, 2.45) is 5.92 Å². The third-order valence-corrected chi connectivity index (χ3v) is 6.55. The Morgan fingerprint density at radius 3 is 2.88 bits per heavy atom. The van der Waals surface area contributed by atoms with Gasteiger partial charge in [-0.1, -0.05) is 0 Å². The number of nitrogens with one attached hydrogen (secondary N) is 1. The largest absolute Gasteiger partial charge is 0.467 e. The fraction of sp³-hybridized carbons (Fsp3) is 0.500. The maximum atomic E-state index is 12.7. The van der Waals surface area contributed by atoms with E-state index < -0.39 is 0 Å². The van der Waals surface area contributed by atoms with Crippen molar-refractivity contribution in [2.75, 3.05) is 13.1 Å². The summed E-state index contributed by atoms with van der Waals surface area (Å²) in [7, 11) is 0. The number of rotatable bonds is 4. The summed E-state index contributed by atoms with van der Waals surface area (Å²) in [5.41, 5.74) is 1.18. The molecular weight excluding hydrogens is 348 g/mol. The highest BCUT2D eigenvalue weighted by Gasteiger charge is 2.28. The lowest BCUT2D eigenvalue weighted by atomic mass is 9.87. The van der Waals surface area contributed by atoms with E-state index in [0.717, 1.165) is 55.8 Å². The van der Waals surface area contributed by atoms with Crippen molar-refractivity contribution >= 4 is 23.2 Å². The Balaban J connectivity index is 1.38. The summed E-state index contributed by atoms with van der Waals surface area (Å²) in [4.78, 5) is 29.3. The van der Waals surface area contributed by atoms with E-state index in [2.05, 4.69) is 5.32 Å². The van der Waals surface area contributed by atoms with Crippen molar-refractivity contribution in [1.29, 1.82) is 0 Å². The van der Waals surface area contributed by atoms with E-state index in [0.29, 0.717) is 6.54 Å². The van der Waals surface area contributed by atoms with Crippen LogP contribution in [0.4, 0.5) is 0 Å². The number of hydrogen-bond donors (Lipinski definition) is 1. The summed E-state index contributed by atoms with van der Waals surface area (Å²) >= 11 is 1.62. The smallest absolute Gasteiger partial charge is 0.263 e. The Labute approximate surface area is 157 Å². The van der Waals surface area contributed by atoms with E-state index in [-0.39, 0.29) is 17.7 Å². The molecule has 1 aliphatic heterocycles. The maximum absolute atomic E-state index is 12.7. The van der Waals surface area contributed by atoms with Crippen LogP contribution in [0.25, 0.3) is 0 Å². The predicted octanol–water partition coefficient (Wildman–Crippen LogP) is 3.39. The van der Waals surface area contributed by atoms with Gasteiger partial charge in [0.2, 0.25) is 5.91 Å². The molecule has 2 aromatic heterocycles. The zero-order valence-corrected chi connectivity index (χ0v) is 15.6. The molecule has 0 radical (unpaired) electrons. The van der Waals surface area contributed by atoms with Crippen LogP contribution in [-0.2, 0) is 24.2 Å². The second-order valence-corrected chi connectivity index (χ2v) is 8.29. The van der Waals surface area contributed by atoms with Crippen molar-refractivity contribution in [3.05, 3.63) is 45.5 Å². The topological polar surface area (TPSA) is 62.6 Å². The molecule has 1 N–H and O–H groups in total. The average Bonchev–Trinajstić information content (AvgIpc) is 3.35. The molecule has 26 heavy (non-hydrogen) atoms. The summed E-state index contributed by atoms with van der Waals surface area (Å²) < 4.78 is 5.26. The van der Waals surface area contributed by atoms with Crippen LogP contribution in [0.15, 0.2) is 28.9 Å². The van der Waals surface area contributed by atoms with E-state index in [1.807, 2.05) is 23.1 Å². The van der Waals surface area contributed by atoms with Gasteiger partial charge >= 0.3 is 0 Å². The second kappa shape index (κ2) is 7.66. The predicted molar refractivity (Wildman–Crippen MR) is 100 cm³/mol. The van der Waals surface area contributed by atoms with Crippen LogP contribution in [-0.4, -0.2) is 29.8 Å². The summed E-state index contributed by atoms with van der Waals surface area (Å²) in [6.45, 7) is 2.18. The molecule has 5 nitrogen and oxygen atoms in total. The standard InChI is InChI=1S/C20H24N2O3S/c23-19(21-13-16-5-4-10-25-16)14-6-7-17-15(11-14)12-18(26-17)20(24)22-8-2-1-3-9-22/h4-5,10,12,14H,1-3,6-9,11,13H2,(H,21,23)/t14-/m1/s1. The molecule has 2 amide bonds. The molecule has 1 aliphatic carbocycles. The first kappa shape index (κ1) is 17.3. The molecule has 4 rings (SSSR count). The minimum Gasteiger partial charge on any atom is -0.467 e. The van der Waals surface area contributed by atoms with E-state index >= 15 is 0 Å². The quantitative estimate of drug-likeness (QED) is 0.895. The molecule has 2 aliphatic rings. The fourth-order valence-corrected chi connectivity index (χ4v) is 5.01. The Hall–Kier alpha value is -2.08. The van der Waals surface area contributed by atoms with Gasteiger partial charge in [-0.05, 0) is 62.3 Å². The molecule has 2 aromatic rings. The number of piperidine rings is 1. The Kier molecular flexibility index (Phi) is 5.11. The Bertz CT molecular complexity index is 775. The number of carbonyl (C=O) groups is 2. The van der Waals surface area contributed by atoms with Gasteiger partial charge in [0.1, 0.15) is 5.76 Å². The highest BCUT2D eigenvalue weighted by Crippen LogP contribution is 2.33. The number of furan rings is 1. The molecule has 6 heteroatoms. The lowest BCUT2D eigenvalue weighted by molar-refractivity contribution is -0.125. The van der Waals surface area contributed by atoms with Gasteiger partial charge in [-0.25, -0.2) is 0 Å². The van der Waals surface area contributed by atoms with Crippen LogP contribution in [0.2, 0.25) is 0 Å². The van der Waals surface area contributed by atoms with Gasteiger partial charge in [0, 0.05) is 23.9 Å². The van der Waals surface area contributed by atoms with Crippen molar-refractivity contribution < 1.29 is 14.0 Å². The molecule has 1 saturated heterocycles. The lowest BCUT2D eigenvalue weighted by Crippen LogP contribution is -2.35. The number of hydrogen-bond acceptors (Lipinski definition) is 4. The first-order valence-corrected chi connectivity index (χ1v) is 10.2. The van der Waals surface area contributed by atoms with Gasteiger partial charge in [-0.3, -0.25) is 9.59 Å². The number of likely N-dealkylation sites (tertiary alicyclic amines) is 1. The number of aryl methyl sites for hydroxylation is 1. The molecule has 0 bridgehead atoms. The van der Waals surface area contributed by atoms with Gasteiger partial charge in [0.25, 0.3) is 5.91 Å². The van der Waals surface area contributed by atoms with Crippen molar-refractivity contribution in [2.45, 2.75) is 45.1 Å². The van der Waals surface area contributed by atoms with E-state index in [1.54, 1.807) is 17.6 Å². The normalized spacial score (nSPS) is 19.8. The molecule has 0 aromatic carbocycles. The number of thiophene rings is 1. The number of carbonyl (C=O) groups excluding carboxylic acids is 2. The molecule has 3 heterocycles. The number of nitrogens with zero attached hydrogens (tertiary/aromatic N) is 1. The monoisotopic (exact) mass is 372 g/mol. The van der Waals surface area contributed by atoms with Crippen molar-refractivity contribution in [3.63, 3.8) is 0 Å². The van der Waals surface area contributed by atoms with Gasteiger partial charge in [-0.15, -0.1) is 11.3 Å². The zero-order valence-electron chi connectivity index (χ0n) is 14.8. The maximum Gasteiger partial charge on any atom is 0.263 e. The third-order valence-electron chi connectivity index (χ3n) is 5.32. The minimum absolute atomic E-state index is 0.0231.